The van der Waals surface area contributed by atoms with Crippen molar-refractivity contribution in [2.75, 3.05) is 0 Å². The van der Waals surface area contributed by atoms with Crippen LogP contribution in [-0.4, -0.2) is 20.9 Å². The van der Waals surface area contributed by atoms with E-state index in [2.05, 4.69) is 36.3 Å². The van der Waals surface area contributed by atoms with Crippen molar-refractivity contribution in [2.45, 2.75) is 33.1 Å². The van der Waals surface area contributed by atoms with Crippen molar-refractivity contribution in [3.05, 3.63) is 59.7 Å². The van der Waals surface area contributed by atoms with Crippen LogP contribution in [-0.2, 0) is 6.42 Å². The van der Waals surface area contributed by atoms with Gasteiger partial charge >= 0.3 is 0 Å². The van der Waals surface area contributed by atoms with Crippen LogP contribution >= 0.6 is 0 Å². The number of carbonyl (C=O) groups is 1. The first-order chi connectivity index (χ1) is 11.1. The third-order valence-corrected chi connectivity index (χ3v) is 4.05. The Morgan fingerprint density at radius 2 is 1.74 bits per heavy atom. The molecule has 0 aliphatic heterocycles. The summed E-state index contributed by atoms with van der Waals surface area (Å²) in [6.45, 7) is 6.32. The van der Waals surface area contributed by atoms with Gasteiger partial charge in [-0.3, -0.25) is 4.79 Å². The van der Waals surface area contributed by atoms with Gasteiger partial charge in [-0.25, -0.2) is 0 Å². The van der Waals surface area contributed by atoms with E-state index in [0.717, 1.165) is 23.0 Å². The molecule has 118 valence electrons. The Morgan fingerprint density at radius 1 is 1.04 bits per heavy atom. The Kier molecular flexibility index (Phi) is 4.24. The number of para-hydroxylation sites is 1. The van der Waals surface area contributed by atoms with Crippen molar-refractivity contribution < 1.29 is 4.79 Å². The predicted octanol–water partition coefficient (Wildman–Crippen LogP) is 4.07. The van der Waals surface area contributed by atoms with Gasteiger partial charge in [0.2, 0.25) is 0 Å². The van der Waals surface area contributed by atoms with Crippen LogP contribution in [0.15, 0.2) is 48.5 Å². The number of rotatable bonds is 4. The molecular weight excluding hydrogens is 286 g/mol. The first kappa shape index (κ1) is 15.4. The van der Waals surface area contributed by atoms with Gasteiger partial charge in [0, 0.05) is 0 Å². The molecule has 0 saturated carbocycles. The number of hydrogen-bond acceptors (Lipinski definition) is 3. The van der Waals surface area contributed by atoms with Gasteiger partial charge in [0.15, 0.2) is 0 Å². The topological polar surface area (TPSA) is 47.8 Å². The summed E-state index contributed by atoms with van der Waals surface area (Å²) in [4.78, 5) is 12.7. The molecule has 0 fully saturated rings. The Bertz CT molecular complexity index is 818. The molecule has 23 heavy (non-hydrogen) atoms. The third-order valence-electron chi connectivity index (χ3n) is 4.05. The fourth-order valence-corrected chi connectivity index (χ4v) is 2.77. The van der Waals surface area contributed by atoms with E-state index in [4.69, 9.17) is 0 Å². The summed E-state index contributed by atoms with van der Waals surface area (Å²) >= 11 is 0. The summed E-state index contributed by atoms with van der Waals surface area (Å²) in [6, 6.07) is 15.8. The van der Waals surface area contributed by atoms with Crippen molar-refractivity contribution in [3.8, 4) is 0 Å². The summed E-state index contributed by atoms with van der Waals surface area (Å²) in [5.41, 5.74) is 3.79. The van der Waals surface area contributed by atoms with E-state index in [1.165, 1.54) is 10.2 Å². The molecule has 4 nitrogen and oxygen atoms in total. The minimum atomic E-state index is -0.256. The number of aromatic nitrogens is 3. The van der Waals surface area contributed by atoms with Crippen molar-refractivity contribution >= 4 is 16.9 Å². The van der Waals surface area contributed by atoms with Crippen LogP contribution in [0.2, 0.25) is 0 Å². The highest BCUT2D eigenvalue weighted by molar-refractivity contribution is 5.92. The van der Waals surface area contributed by atoms with Crippen molar-refractivity contribution in [1.29, 1.82) is 0 Å². The van der Waals surface area contributed by atoms with E-state index in [1.54, 1.807) is 0 Å². The van der Waals surface area contributed by atoms with Gasteiger partial charge in [-0.05, 0) is 42.5 Å². The Balaban J connectivity index is 1.84. The van der Waals surface area contributed by atoms with Crippen LogP contribution in [0, 0.1) is 5.92 Å². The second-order valence-electron chi connectivity index (χ2n) is 6.39. The number of fused-ring (bicyclic) bond motifs is 1. The quantitative estimate of drug-likeness (QED) is 0.730. The molecule has 0 N–H and O–H groups in total. The smallest absolute Gasteiger partial charge is 0.256 e. The summed E-state index contributed by atoms with van der Waals surface area (Å²) in [5.74, 6) is 0.310. The van der Waals surface area contributed by atoms with Crippen molar-refractivity contribution in [3.63, 3.8) is 0 Å². The summed E-state index contributed by atoms with van der Waals surface area (Å²) in [5, 5.41) is 8.07. The van der Waals surface area contributed by atoms with Gasteiger partial charge < -0.3 is 0 Å². The fraction of sp³-hybridized carbons (Fsp3) is 0.316. The van der Waals surface area contributed by atoms with E-state index in [-0.39, 0.29) is 11.8 Å². The predicted molar refractivity (Wildman–Crippen MR) is 91.6 cm³/mol. The average molecular weight is 307 g/mol. The highest BCUT2D eigenvalue weighted by atomic mass is 16.2. The zero-order chi connectivity index (χ0) is 16.4. The summed E-state index contributed by atoms with van der Waals surface area (Å²) in [7, 11) is 0. The van der Waals surface area contributed by atoms with Gasteiger partial charge in [-0.1, -0.05) is 55.5 Å². The monoisotopic (exact) mass is 307 g/mol. The maximum absolute atomic E-state index is 12.7. The summed E-state index contributed by atoms with van der Waals surface area (Å²) < 4.78 is 1.40. The molecule has 0 amide bonds. The van der Waals surface area contributed by atoms with Gasteiger partial charge in [-0.2, -0.15) is 4.68 Å². The van der Waals surface area contributed by atoms with E-state index >= 15 is 0 Å². The lowest BCUT2D eigenvalue weighted by molar-refractivity contribution is 0.0871. The zero-order valence-corrected chi connectivity index (χ0v) is 13.7. The molecule has 0 saturated heterocycles. The molecule has 0 spiro atoms. The largest absolute Gasteiger partial charge is 0.272 e. The van der Waals surface area contributed by atoms with E-state index in [9.17, 15) is 4.79 Å². The lowest BCUT2D eigenvalue weighted by Gasteiger charge is -2.12. The Morgan fingerprint density at radius 3 is 2.43 bits per heavy atom. The second kappa shape index (κ2) is 6.32. The zero-order valence-electron chi connectivity index (χ0n) is 13.7. The molecule has 1 aromatic heterocycles. The molecule has 1 unspecified atom stereocenters. The van der Waals surface area contributed by atoms with Crippen LogP contribution in [0.1, 0.15) is 42.6 Å². The number of carbonyl (C=O) groups excluding carboxylic acids is 1. The second-order valence-corrected chi connectivity index (χ2v) is 6.39. The van der Waals surface area contributed by atoms with Crippen molar-refractivity contribution in [2.24, 2.45) is 5.92 Å². The normalized spacial score (nSPS) is 12.7. The third kappa shape index (κ3) is 3.16. The molecule has 4 heteroatoms. The molecule has 3 aromatic rings. The molecular formula is C19H21N3O. The highest BCUT2D eigenvalue weighted by Gasteiger charge is 2.20. The van der Waals surface area contributed by atoms with Gasteiger partial charge in [-0.15, -0.1) is 5.10 Å². The first-order valence-electron chi connectivity index (χ1n) is 7.99. The molecule has 0 radical (unpaired) electrons. The Labute approximate surface area is 136 Å². The van der Waals surface area contributed by atoms with Gasteiger partial charge in [0.25, 0.3) is 5.91 Å². The first-order valence-corrected chi connectivity index (χ1v) is 7.99. The maximum Gasteiger partial charge on any atom is 0.256 e. The highest BCUT2D eigenvalue weighted by Crippen LogP contribution is 2.21. The minimum Gasteiger partial charge on any atom is -0.272 e. The molecule has 1 atom stereocenters. The molecule has 0 aliphatic carbocycles. The number of nitrogens with zero attached hydrogens (tertiary/aromatic N) is 3. The van der Waals surface area contributed by atoms with Crippen LogP contribution in [0.25, 0.3) is 11.0 Å². The van der Waals surface area contributed by atoms with E-state index < -0.39 is 0 Å². The van der Waals surface area contributed by atoms with Crippen LogP contribution in [0.3, 0.4) is 0 Å². The lowest BCUT2D eigenvalue weighted by atomic mass is 9.96. The molecule has 0 bridgehead atoms. The van der Waals surface area contributed by atoms with Crippen LogP contribution < -0.4 is 0 Å². The minimum absolute atomic E-state index is 0.0599. The fourth-order valence-electron chi connectivity index (χ4n) is 2.77. The molecule has 2 aromatic carbocycles. The summed E-state index contributed by atoms with van der Waals surface area (Å²) in [6.07, 6.45) is 1.05. The number of hydrogen-bond donors (Lipinski definition) is 0. The Hall–Kier alpha value is -2.49. The molecule has 1 heterocycles. The van der Waals surface area contributed by atoms with E-state index in [1.807, 2.05) is 43.3 Å². The van der Waals surface area contributed by atoms with Crippen LogP contribution in [0.5, 0.6) is 0 Å². The van der Waals surface area contributed by atoms with Gasteiger partial charge in [0.1, 0.15) is 5.52 Å². The van der Waals surface area contributed by atoms with Crippen LogP contribution in [0.4, 0.5) is 0 Å². The maximum atomic E-state index is 12.7. The average Bonchev–Trinajstić information content (AvgIpc) is 2.97. The lowest BCUT2D eigenvalue weighted by Crippen LogP contribution is -2.19. The number of benzene rings is 2. The standard InChI is InChI=1S/C19H21N3O/c1-13(2)12-15-8-10-16(11-9-15)14(3)19(23)22-18-7-5-4-6-17(18)20-21-22/h4-11,13-14H,12H2,1-3H3. The van der Waals surface area contributed by atoms with Gasteiger partial charge in [0.05, 0.1) is 11.4 Å². The molecule has 0 aliphatic rings. The van der Waals surface area contributed by atoms with Crippen molar-refractivity contribution in [1.82, 2.24) is 15.0 Å². The van der Waals surface area contributed by atoms with E-state index in [0.29, 0.717) is 5.92 Å². The SMILES string of the molecule is CC(C)Cc1ccc(C(C)C(=O)n2nnc3ccccc32)cc1. The molecule has 3 rings (SSSR count).